The van der Waals surface area contributed by atoms with E-state index in [-0.39, 0.29) is 18.3 Å². The van der Waals surface area contributed by atoms with Gasteiger partial charge >= 0.3 is 0 Å². The zero-order valence-corrected chi connectivity index (χ0v) is 12.7. The molecule has 1 aromatic carbocycles. The summed E-state index contributed by atoms with van der Waals surface area (Å²) in [6.07, 6.45) is 0. The van der Waals surface area contributed by atoms with E-state index < -0.39 is 0 Å². The molecule has 1 amide bonds. The average Bonchev–Trinajstić information content (AvgIpc) is 2.36. The van der Waals surface area contributed by atoms with E-state index in [1.165, 1.54) is 0 Å². The van der Waals surface area contributed by atoms with Gasteiger partial charge in [0.2, 0.25) is 0 Å². The summed E-state index contributed by atoms with van der Waals surface area (Å²) < 4.78 is 4.90. The third kappa shape index (κ3) is 6.25. The largest absolute Gasteiger partial charge is 0.383 e. The van der Waals surface area contributed by atoms with Crippen LogP contribution in [0.4, 0.5) is 0 Å². The van der Waals surface area contributed by atoms with Crippen molar-refractivity contribution in [3.8, 4) is 0 Å². The van der Waals surface area contributed by atoms with Crippen LogP contribution in [0.2, 0.25) is 5.02 Å². The van der Waals surface area contributed by atoms with E-state index in [1.54, 1.807) is 25.3 Å². The molecule has 0 aliphatic rings. The van der Waals surface area contributed by atoms with E-state index >= 15 is 0 Å². The Balaban J connectivity index is 0.00000324. The minimum absolute atomic E-state index is 0. The first kappa shape index (κ1) is 18.2. The second-order valence-corrected chi connectivity index (χ2v) is 4.32. The van der Waals surface area contributed by atoms with Gasteiger partial charge in [-0.1, -0.05) is 17.7 Å². The molecule has 0 aromatic heterocycles. The van der Waals surface area contributed by atoms with Gasteiger partial charge in [-0.15, -0.1) is 12.4 Å². The second kappa shape index (κ2) is 10.0. The molecule has 6 heteroatoms. The van der Waals surface area contributed by atoms with Crippen molar-refractivity contribution in [3.63, 3.8) is 0 Å². The van der Waals surface area contributed by atoms with Crippen LogP contribution in [0.3, 0.4) is 0 Å². The number of methoxy groups -OCH3 is 1. The number of hydrogen-bond donors (Lipinski definition) is 2. The van der Waals surface area contributed by atoms with E-state index in [1.807, 2.05) is 6.92 Å². The Bertz CT molecular complexity index is 400. The number of rotatable bonds is 7. The van der Waals surface area contributed by atoms with Crippen molar-refractivity contribution >= 4 is 29.9 Å². The van der Waals surface area contributed by atoms with Crippen LogP contribution in [0.5, 0.6) is 0 Å². The Morgan fingerprint density at radius 1 is 1.32 bits per heavy atom. The third-order valence-corrected chi connectivity index (χ3v) is 2.99. The number of halogens is 2. The van der Waals surface area contributed by atoms with Crippen molar-refractivity contribution in [2.45, 2.75) is 6.92 Å². The maximum atomic E-state index is 11.9. The molecule has 2 N–H and O–H groups in total. The van der Waals surface area contributed by atoms with Gasteiger partial charge < -0.3 is 15.4 Å². The number of benzene rings is 1. The van der Waals surface area contributed by atoms with E-state index in [4.69, 9.17) is 16.3 Å². The molecule has 0 atom stereocenters. The lowest BCUT2D eigenvalue weighted by Crippen LogP contribution is -2.33. The lowest BCUT2D eigenvalue weighted by molar-refractivity contribution is 0.0953. The number of nitrogens with one attached hydrogen (secondary N) is 2. The molecule has 0 heterocycles. The van der Waals surface area contributed by atoms with Gasteiger partial charge in [0.25, 0.3) is 5.91 Å². The SMILES string of the molecule is COCCNCCNC(=O)c1cccc(Cl)c1C.Cl. The first-order valence-electron chi connectivity index (χ1n) is 5.89. The summed E-state index contributed by atoms with van der Waals surface area (Å²) in [6.45, 7) is 4.58. The number of ether oxygens (including phenoxy) is 1. The normalized spacial score (nSPS) is 9.84. The molecule has 108 valence electrons. The molecule has 4 nitrogen and oxygen atoms in total. The molecule has 1 aromatic rings. The first-order chi connectivity index (χ1) is 8.66. The monoisotopic (exact) mass is 306 g/mol. The topological polar surface area (TPSA) is 50.4 Å². The summed E-state index contributed by atoms with van der Waals surface area (Å²) in [4.78, 5) is 11.9. The summed E-state index contributed by atoms with van der Waals surface area (Å²) in [5.41, 5.74) is 1.43. The summed E-state index contributed by atoms with van der Waals surface area (Å²) in [7, 11) is 1.66. The Morgan fingerprint density at radius 2 is 2.05 bits per heavy atom. The predicted octanol–water partition coefficient (Wildman–Crippen LogP) is 2.04. The standard InChI is InChI=1S/C13H19ClN2O2.ClH/c1-10-11(4-3-5-12(10)14)13(17)16-7-6-15-8-9-18-2;/h3-5,15H,6-9H2,1-2H3,(H,16,17);1H. The maximum Gasteiger partial charge on any atom is 0.251 e. The second-order valence-electron chi connectivity index (χ2n) is 3.91. The molecular weight excluding hydrogens is 287 g/mol. The molecule has 0 bridgehead atoms. The molecule has 0 saturated carbocycles. The van der Waals surface area contributed by atoms with E-state index in [0.29, 0.717) is 30.3 Å². The fourth-order valence-corrected chi connectivity index (χ4v) is 1.69. The van der Waals surface area contributed by atoms with Crippen molar-refractivity contribution in [1.82, 2.24) is 10.6 Å². The van der Waals surface area contributed by atoms with Crippen molar-refractivity contribution < 1.29 is 9.53 Å². The minimum Gasteiger partial charge on any atom is -0.383 e. The third-order valence-electron chi connectivity index (χ3n) is 2.58. The highest BCUT2D eigenvalue weighted by Crippen LogP contribution is 2.18. The molecular formula is C13H20Cl2N2O2. The number of carbonyl (C=O) groups is 1. The first-order valence-corrected chi connectivity index (χ1v) is 6.27. The zero-order chi connectivity index (χ0) is 13.4. The Labute approximate surface area is 125 Å². The quantitative estimate of drug-likeness (QED) is 0.758. The van der Waals surface area contributed by atoms with Crippen molar-refractivity contribution in [3.05, 3.63) is 34.3 Å². The number of amides is 1. The van der Waals surface area contributed by atoms with Crippen molar-refractivity contribution in [2.24, 2.45) is 0 Å². The van der Waals surface area contributed by atoms with Gasteiger partial charge in [0.1, 0.15) is 0 Å². The molecule has 1 rings (SSSR count). The van der Waals surface area contributed by atoms with Gasteiger partial charge in [0.05, 0.1) is 6.61 Å². The highest BCUT2D eigenvalue weighted by molar-refractivity contribution is 6.31. The summed E-state index contributed by atoms with van der Waals surface area (Å²) in [6, 6.07) is 5.33. The summed E-state index contributed by atoms with van der Waals surface area (Å²) in [5, 5.41) is 6.61. The fraction of sp³-hybridized carbons (Fsp3) is 0.462. The van der Waals surface area contributed by atoms with Crippen LogP contribution >= 0.6 is 24.0 Å². The Kier molecular flexibility index (Phi) is 9.61. The molecule has 0 fully saturated rings. The zero-order valence-electron chi connectivity index (χ0n) is 11.2. The Morgan fingerprint density at radius 3 is 2.74 bits per heavy atom. The lowest BCUT2D eigenvalue weighted by Gasteiger charge is -2.09. The lowest BCUT2D eigenvalue weighted by atomic mass is 10.1. The molecule has 0 spiro atoms. The molecule has 0 aliphatic carbocycles. The van der Waals surface area contributed by atoms with E-state index in [9.17, 15) is 4.79 Å². The summed E-state index contributed by atoms with van der Waals surface area (Å²) >= 11 is 5.97. The van der Waals surface area contributed by atoms with E-state index in [2.05, 4.69) is 10.6 Å². The van der Waals surface area contributed by atoms with Crippen LogP contribution in [-0.4, -0.2) is 39.3 Å². The van der Waals surface area contributed by atoms with Crippen LogP contribution in [0, 0.1) is 6.92 Å². The smallest absolute Gasteiger partial charge is 0.251 e. The highest BCUT2D eigenvalue weighted by atomic mass is 35.5. The van der Waals surface area contributed by atoms with Gasteiger partial charge in [-0.05, 0) is 24.6 Å². The van der Waals surface area contributed by atoms with Gasteiger partial charge in [-0.2, -0.15) is 0 Å². The molecule has 0 unspecified atom stereocenters. The summed E-state index contributed by atoms with van der Waals surface area (Å²) in [5.74, 6) is -0.0939. The Hall–Kier alpha value is -0.810. The maximum absolute atomic E-state index is 11.9. The van der Waals surface area contributed by atoms with Crippen LogP contribution in [0.1, 0.15) is 15.9 Å². The van der Waals surface area contributed by atoms with Crippen LogP contribution < -0.4 is 10.6 Å². The number of hydrogen-bond acceptors (Lipinski definition) is 3. The number of carbonyl (C=O) groups excluding carboxylic acids is 1. The predicted molar refractivity (Wildman–Crippen MR) is 80.5 cm³/mol. The highest BCUT2D eigenvalue weighted by Gasteiger charge is 2.09. The van der Waals surface area contributed by atoms with Gasteiger partial charge in [0.15, 0.2) is 0 Å². The van der Waals surface area contributed by atoms with Crippen LogP contribution in [0.15, 0.2) is 18.2 Å². The van der Waals surface area contributed by atoms with Crippen LogP contribution in [0.25, 0.3) is 0 Å². The van der Waals surface area contributed by atoms with Gasteiger partial charge in [-0.3, -0.25) is 4.79 Å². The average molecular weight is 307 g/mol. The van der Waals surface area contributed by atoms with Crippen LogP contribution in [-0.2, 0) is 4.74 Å². The molecule has 0 aliphatic heterocycles. The van der Waals surface area contributed by atoms with E-state index in [0.717, 1.165) is 12.1 Å². The molecule has 0 radical (unpaired) electrons. The van der Waals surface area contributed by atoms with Crippen molar-refractivity contribution in [2.75, 3.05) is 33.4 Å². The molecule has 0 saturated heterocycles. The fourth-order valence-electron chi connectivity index (χ4n) is 1.51. The minimum atomic E-state index is -0.0939. The van der Waals surface area contributed by atoms with Gasteiger partial charge in [0, 0.05) is 37.3 Å². The van der Waals surface area contributed by atoms with Crippen molar-refractivity contribution in [1.29, 1.82) is 0 Å². The van der Waals surface area contributed by atoms with Gasteiger partial charge in [-0.25, -0.2) is 0 Å². The molecule has 19 heavy (non-hydrogen) atoms.